The number of halogens is 1. The van der Waals surface area contributed by atoms with Crippen molar-refractivity contribution in [3.63, 3.8) is 0 Å². The predicted octanol–water partition coefficient (Wildman–Crippen LogP) is 3.41. The predicted molar refractivity (Wildman–Crippen MR) is 78.2 cm³/mol. The molecule has 96 valence electrons. The molecule has 2 nitrogen and oxygen atoms in total. The summed E-state index contributed by atoms with van der Waals surface area (Å²) >= 11 is 7.87. The van der Waals surface area contributed by atoms with Crippen molar-refractivity contribution in [1.29, 1.82) is 0 Å². The normalized spacial score (nSPS) is 12.5. The van der Waals surface area contributed by atoms with E-state index in [0.717, 1.165) is 23.4 Å². The second kappa shape index (κ2) is 7.14. The van der Waals surface area contributed by atoms with Gasteiger partial charge in [-0.25, -0.2) is 0 Å². The van der Waals surface area contributed by atoms with E-state index in [-0.39, 0.29) is 6.61 Å². The fourth-order valence-electron chi connectivity index (χ4n) is 1.72. The number of aliphatic hydroxyl groups excluding tert-OH is 1. The Morgan fingerprint density at radius 2 is 2.18 bits per heavy atom. The number of anilines is 1. The number of benzene rings is 1. The Kier molecular flexibility index (Phi) is 6.17. The molecule has 0 spiro atoms. The van der Waals surface area contributed by atoms with Crippen LogP contribution < -0.4 is 4.90 Å². The molecule has 0 aliphatic rings. The van der Waals surface area contributed by atoms with Gasteiger partial charge in [0, 0.05) is 29.4 Å². The van der Waals surface area contributed by atoms with Crippen LogP contribution in [0, 0.1) is 0 Å². The highest BCUT2D eigenvalue weighted by atomic mass is 35.5. The molecule has 0 amide bonds. The van der Waals surface area contributed by atoms with E-state index < -0.39 is 0 Å². The molecule has 1 atom stereocenters. The van der Waals surface area contributed by atoms with E-state index in [2.05, 4.69) is 25.1 Å². The minimum Gasteiger partial charge on any atom is -0.392 e. The quantitative estimate of drug-likeness (QED) is 0.859. The fourth-order valence-corrected chi connectivity index (χ4v) is 2.46. The van der Waals surface area contributed by atoms with E-state index >= 15 is 0 Å². The highest BCUT2D eigenvalue weighted by molar-refractivity contribution is 7.98. The third-order valence-corrected chi connectivity index (χ3v) is 3.88. The van der Waals surface area contributed by atoms with Crippen LogP contribution in [0.3, 0.4) is 0 Å². The molecular weight excluding hydrogens is 254 g/mol. The van der Waals surface area contributed by atoms with Crippen molar-refractivity contribution in [2.24, 2.45) is 0 Å². The van der Waals surface area contributed by atoms with Gasteiger partial charge >= 0.3 is 0 Å². The summed E-state index contributed by atoms with van der Waals surface area (Å²) in [7, 11) is 2.05. The van der Waals surface area contributed by atoms with E-state index in [9.17, 15) is 5.11 Å². The number of rotatable bonds is 6. The fraction of sp³-hybridized carbons (Fsp3) is 0.538. The average molecular weight is 274 g/mol. The summed E-state index contributed by atoms with van der Waals surface area (Å²) in [5.74, 6) is 1.14. The maximum atomic E-state index is 9.34. The van der Waals surface area contributed by atoms with Crippen LogP contribution in [-0.2, 0) is 6.61 Å². The van der Waals surface area contributed by atoms with Crippen LogP contribution in [0.15, 0.2) is 18.2 Å². The summed E-state index contributed by atoms with van der Waals surface area (Å²) in [5, 5.41) is 10.1. The zero-order chi connectivity index (χ0) is 12.8. The number of nitrogens with zero attached hydrogens (tertiary/aromatic N) is 1. The average Bonchev–Trinajstić information content (AvgIpc) is 2.34. The molecule has 1 N–H and O–H groups in total. The third kappa shape index (κ3) is 4.09. The van der Waals surface area contributed by atoms with Gasteiger partial charge in [0.15, 0.2) is 0 Å². The first-order valence-corrected chi connectivity index (χ1v) is 7.48. The summed E-state index contributed by atoms with van der Waals surface area (Å²) in [5.41, 5.74) is 1.95. The molecule has 0 aromatic heterocycles. The Hall–Kier alpha value is -0.380. The van der Waals surface area contributed by atoms with Crippen LogP contribution >= 0.6 is 23.4 Å². The molecule has 0 aliphatic heterocycles. The lowest BCUT2D eigenvalue weighted by atomic mass is 10.1. The van der Waals surface area contributed by atoms with Crippen LogP contribution in [0.1, 0.15) is 18.9 Å². The lowest BCUT2D eigenvalue weighted by molar-refractivity contribution is 0.282. The van der Waals surface area contributed by atoms with E-state index in [1.165, 1.54) is 0 Å². The molecule has 4 heteroatoms. The van der Waals surface area contributed by atoms with Crippen LogP contribution in [0.5, 0.6) is 0 Å². The lowest BCUT2D eigenvalue weighted by Gasteiger charge is -2.29. The van der Waals surface area contributed by atoms with Crippen LogP contribution in [0.4, 0.5) is 5.69 Å². The summed E-state index contributed by atoms with van der Waals surface area (Å²) < 4.78 is 0. The van der Waals surface area contributed by atoms with Gasteiger partial charge in [-0.1, -0.05) is 17.7 Å². The Morgan fingerprint density at radius 1 is 1.47 bits per heavy atom. The van der Waals surface area contributed by atoms with Crippen molar-refractivity contribution < 1.29 is 5.11 Å². The number of hydrogen-bond donors (Lipinski definition) is 1. The van der Waals surface area contributed by atoms with Crippen molar-refractivity contribution in [3.05, 3.63) is 28.8 Å². The largest absolute Gasteiger partial charge is 0.392 e. The molecule has 0 saturated heterocycles. The highest BCUT2D eigenvalue weighted by Crippen LogP contribution is 2.26. The van der Waals surface area contributed by atoms with Gasteiger partial charge in [0.05, 0.1) is 6.61 Å². The molecule has 0 saturated carbocycles. The summed E-state index contributed by atoms with van der Waals surface area (Å²) in [6.07, 6.45) is 3.24. The molecule has 0 bridgehead atoms. The second-order valence-corrected chi connectivity index (χ2v) is 5.59. The molecule has 0 fully saturated rings. The molecule has 0 radical (unpaired) electrons. The van der Waals surface area contributed by atoms with Gasteiger partial charge in [0.25, 0.3) is 0 Å². The van der Waals surface area contributed by atoms with Gasteiger partial charge in [0.1, 0.15) is 0 Å². The van der Waals surface area contributed by atoms with Crippen molar-refractivity contribution in [2.75, 3.05) is 24.0 Å². The maximum Gasteiger partial charge on any atom is 0.0702 e. The smallest absolute Gasteiger partial charge is 0.0702 e. The Bertz CT molecular complexity index is 359. The zero-order valence-corrected chi connectivity index (χ0v) is 12.2. The Labute approximate surface area is 113 Å². The van der Waals surface area contributed by atoms with Gasteiger partial charge in [-0.2, -0.15) is 11.8 Å². The number of thioether (sulfide) groups is 1. The molecule has 1 unspecified atom stereocenters. The van der Waals surface area contributed by atoms with E-state index in [1.54, 1.807) is 0 Å². The number of aliphatic hydroxyl groups is 1. The van der Waals surface area contributed by atoms with Gasteiger partial charge in [-0.05, 0) is 37.5 Å². The highest BCUT2D eigenvalue weighted by Gasteiger charge is 2.13. The lowest BCUT2D eigenvalue weighted by Crippen LogP contribution is -2.30. The molecule has 1 aromatic rings. The van der Waals surface area contributed by atoms with Gasteiger partial charge in [-0.3, -0.25) is 0 Å². The zero-order valence-electron chi connectivity index (χ0n) is 10.6. The van der Waals surface area contributed by atoms with E-state index in [4.69, 9.17) is 11.6 Å². The Balaban J connectivity index is 2.86. The monoisotopic (exact) mass is 273 g/mol. The molecular formula is C13H20ClNOS. The molecule has 1 aromatic carbocycles. The minimum atomic E-state index is 0.0477. The van der Waals surface area contributed by atoms with Gasteiger partial charge < -0.3 is 10.0 Å². The van der Waals surface area contributed by atoms with Crippen LogP contribution in [0.25, 0.3) is 0 Å². The summed E-state index contributed by atoms with van der Waals surface area (Å²) in [4.78, 5) is 2.19. The molecule has 0 heterocycles. The topological polar surface area (TPSA) is 23.5 Å². The standard InChI is InChI=1S/C13H20ClNOS/c1-10(6-7-17-3)15(2)13-8-12(14)5-4-11(13)9-16/h4-5,8,10,16H,6-7,9H2,1-3H3. The van der Waals surface area contributed by atoms with Crippen LogP contribution in [-0.4, -0.2) is 30.2 Å². The van der Waals surface area contributed by atoms with E-state index in [0.29, 0.717) is 11.1 Å². The third-order valence-electron chi connectivity index (χ3n) is 3.00. The van der Waals surface area contributed by atoms with Crippen molar-refractivity contribution >= 4 is 29.1 Å². The molecule has 1 rings (SSSR count). The first-order chi connectivity index (χ1) is 8.10. The Morgan fingerprint density at radius 3 is 2.76 bits per heavy atom. The maximum absolute atomic E-state index is 9.34. The SMILES string of the molecule is CSCCC(C)N(C)c1cc(Cl)ccc1CO. The first kappa shape index (κ1) is 14.7. The van der Waals surface area contributed by atoms with Crippen molar-refractivity contribution in [3.8, 4) is 0 Å². The second-order valence-electron chi connectivity index (χ2n) is 4.17. The molecule has 17 heavy (non-hydrogen) atoms. The van der Waals surface area contributed by atoms with E-state index in [1.807, 2.05) is 30.0 Å². The molecule has 0 aliphatic carbocycles. The number of hydrogen-bond acceptors (Lipinski definition) is 3. The van der Waals surface area contributed by atoms with Crippen molar-refractivity contribution in [2.45, 2.75) is 26.0 Å². The summed E-state index contributed by atoms with van der Waals surface area (Å²) in [6.45, 7) is 2.24. The van der Waals surface area contributed by atoms with Crippen molar-refractivity contribution in [1.82, 2.24) is 0 Å². The minimum absolute atomic E-state index is 0.0477. The first-order valence-electron chi connectivity index (χ1n) is 5.71. The van der Waals surface area contributed by atoms with Crippen LogP contribution in [0.2, 0.25) is 5.02 Å². The van der Waals surface area contributed by atoms with Gasteiger partial charge in [-0.15, -0.1) is 0 Å². The van der Waals surface area contributed by atoms with Gasteiger partial charge in [0.2, 0.25) is 0 Å². The summed E-state index contributed by atoms with van der Waals surface area (Å²) in [6, 6.07) is 6.06.